The summed E-state index contributed by atoms with van der Waals surface area (Å²) >= 11 is 0. The van der Waals surface area contributed by atoms with E-state index in [1.165, 1.54) is 0 Å². The summed E-state index contributed by atoms with van der Waals surface area (Å²) in [5.74, 6) is -0.357. The molecule has 0 aromatic heterocycles. The van der Waals surface area contributed by atoms with E-state index >= 15 is 0 Å². The minimum Gasteiger partial charge on any atom is -0.464 e. The van der Waals surface area contributed by atoms with Crippen LogP contribution in [0.25, 0.3) is 0 Å². The standard InChI is InChI=1S/C23H27NO4/c1-3-27-21(25)23(16-19-12-10-18(2)11-13-19)14-7-15-24(23)22(26)28-17-20-8-5-4-6-9-20/h4-6,8-13H,3,7,14-17H2,1-2H3. The van der Waals surface area contributed by atoms with Crippen molar-refractivity contribution in [1.29, 1.82) is 0 Å². The Morgan fingerprint density at radius 3 is 2.39 bits per heavy atom. The number of hydrogen-bond acceptors (Lipinski definition) is 4. The van der Waals surface area contributed by atoms with Crippen molar-refractivity contribution in [2.24, 2.45) is 0 Å². The third-order valence-electron chi connectivity index (χ3n) is 5.19. The average Bonchev–Trinajstić information content (AvgIpc) is 3.14. The van der Waals surface area contributed by atoms with Gasteiger partial charge in [-0.05, 0) is 37.8 Å². The van der Waals surface area contributed by atoms with E-state index in [0.717, 1.165) is 23.1 Å². The number of aryl methyl sites for hydroxylation is 1. The number of ether oxygens (including phenoxy) is 2. The lowest BCUT2D eigenvalue weighted by molar-refractivity contribution is -0.155. The lowest BCUT2D eigenvalue weighted by Crippen LogP contribution is -2.55. The minimum absolute atomic E-state index is 0.180. The smallest absolute Gasteiger partial charge is 0.411 e. The van der Waals surface area contributed by atoms with Crippen molar-refractivity contribution in [3.05, 3.63) is 71.3 Å². The molecular weight excluding hydrogens is 354 g/mol. The minimum atomic E-state index is -1.01. The summed E-state index contributed by atoms with van der Waals surface area (Å²) in [5.41, 5.74) is 2.05. The molecule has 0 spiro atoms. The topological polar surface area (TPSA) is 55.8 Å². The van der Waals surface area contributed by atoms with Gasteiger partial charge < -0.3 is 9.47 Å². The maximum Gasteiger partial charge on any atom is 0.411 e. The lowest BCUT2D eigenvalue weighted by Gasteiger charge is -2.35. The zero-order valence-corrected chi connectivity index (χ0v) is 16.5. The zero-order valence-electron chi connectivity index (χ0n) is 16.5. The lowest BCUT2D eigenvalue weighted by atomic mass is 9.88. The highest BCUT2D eigenvalue weighted by Crippen LogP contribution is 2.35. The first-order chi connectivity index (χ1) is 13.5. The molecule has 1 heterocycles. The Morgan fingerprint density at radius 2 is 1.71 bits per heavy atom. The van der Waals surface area contributed by atoms with Crippen LogP contribution in [0.4, 0.5) is 4.79 Å². The average molecular weight is 381 g/mol. The van der Waals surface area contributed by atoms with Gasteiger partial charge in [0.2, 0.25) is 0 Å². The Labute approximate surface area is 166 Å². The van der Waals surface area contributed by atoms with Gasteiger partial charge in [0.05, 0.1) is 6.61 Å². The van der Waals surface area contributed by atoms with Gasteiger partial charge in [-0.25, -0.2) is 9.59 Å². The Bertz CT molecular complexity index is 803. The van der Waals surface area contributed by atoms with Crippen LogP contribution in [0, 0.1) is 6.92 Å². The molecule has 28 heavy (non-hydrogen) atoms. The van der Waals surface area contributed by atoms with Crippen molar-refractivity contribution in [3.8, 4) is 0 Å². The molecule has 0 aliphatic carbocycles. The summed E-state index contributed by atoms with van der Waals surface area (Å²) < 4.78 is 10.9. The van der Waals surface area contributed by atoms with Gasteiger partial charge in [-0.3, -0.25) is 4.90 Å². The van der Waals surface area contributed by atoms with Crippen LogP contribution >= 0.6 is 0 Å². The molecule has 2 aromatic carbocycles. The first-order valence-electron chi connectivity index (χ1n) is 9.76. The molecule has 0 bridgehead atoms. The van der Waals surface area contributed by atoms with Gasteiger partial charge >= 0.3 is 12.1 Å². The molecule has 0 radical (unpaired) electrons. The molecule has 148 valence electrons. The third kappa shape index (κ3) is 4.35. The Balaban J connectivity index is 1.81. The van der Waals surface area contributed by atoms with Gasteiger partial charge in [-0.15, -0.1) is 0 Å². The highest BCUT2D eigenvalue weighted by Gasteiger charge is 2.51. The van der Waals surface area contributed by atoms with Gasteiger partial charge in [0, 0.05) is 13.0 Å². The van der Waals surface area contributed by atoms with E-state index in [0.29, 0.717) is 19.4 Å². The van der Waals surface area contributed by atoms with Crippen LogP contribution in [0.1, 0.15) is 36.5 Å². The summed E-state index contributed by atoms with van der Waals surface area (Å²) in [7, 11) is 0. The van der Waals surface area contributed by atoms with Crippen LogP contribution < -0.4 is 0 Å². The molecule has 0 saturated carbocycles. The Hall–Kier alpha value is -2.82. The fourth-order valence-electron chi connectivity index (χ4n) is 3.72. The van der Waals surface area contributed by atoms with Crippen LogP contribution in [-0.2, 0) is 27.3 Å². The normalized spacial score (nSPS) is 18.7. The van der Waals surface area contributed by atoms with Crippen molar-refractivity contribution in [2.45, 2.75) is 45.3 Å². The van der Waals surface area contributed by atoms with Crippen LogP contribution in [0.3, 0.4) is 0 Å². The maximum atomic E-state index is 13.0. The number of carbonyl (C=O) groups excluding carboxylic acids is 2. The second kappa shape index (κ2) is 8.91. The van der Waals surface area contributed by atoms with E-state index in [2.05, 4.69) is 0 Å². The first kappa shape index (κ1) is 19.9. The fourth-order valence-corrected chi connectivity index (χ4v) is 3.72. The Kier molecular flexibility index (Phi) is 6.34. The predicted octanol–water partition coefficient (Wildman–Crippen LogP) is 4.27. The third-order valence-corrected chi connectivity index (χ3v) is 5.19. The molecule has 1 aliphatic rings. The van der Waals surface area contributed by atoms with Gasteiger partial charge in [-0.2, -0.15) is 0 Å². The second-order valence-corrected chi connectivity index (χ2v) is 7.21. The molecule has 1 atom stereocenters. The van der Waals surface area contributed by atoms with E-state index in [1.54, 1.807) is 11.8 Å². The summed E-state index contributed by atoms with van der Waals surface area (Å²) in [6, 6.07) is 17.6. The number of hydrogen-bond donors (Lipinski definition) is 0. The van der Waals surface area contributed by atoms with E-state index in [4.69, 9.17) is 9.47 Å². The van der Waals surface area contributed by atoms with Crippen molar-refractivity contribution >= 4 is 12.1 Å². The highest BCUT2D eigenvalue weighted by molar-refractivity contribution is 5.87. The van der Waals surface area contributed by atoms with Gasteiger partial charge in [-0.1, -0.05) is 60.2 Å². The van der Waals surface area contributed by atoms with E-state index in [9.17, 15) is 9.59 Å². The number of likely N-dealkylation sites (tertiary alicyclic amines) is 1. The zero-order chi connectivity index (χ0) is 20.0. The molecule has 1 aliphatic heterocycles. The number of benzene rings is 2. The number of rotatable bonds is 6. The maximum absolute atomic E-state index is 13.0. The molecule has 1 saturated heterocycles. The van der Waals surface area contributed by atoms with Gasteiger partial charge in [0.25, 0.3) is 0 Å². The summed E-state index contributed by atoms with van der Waals surface area (Å²) in [6.45, 7) is 4.75. The van der Waals surface area contributed by atoms with E-state index < -0.39 is 11.6 Å². The quantitative estimate of drug-likeness (QED) is 0.701. The predicted molar refractivity (Wildman–Crippen MR) is 107 cm³/mol. The summed E-state index contributed by atoms with van der Waals surface area (Å²) in [6.07, 6.45) is 1.26. The number of amides is 1. The van der Waals surface area contributed by atoms with E-state index in [1.807, 2.05) is 61.5 Å². The largest absolute Gasteiger partial charge is 0.464 e. The molecule has 1 unspecified atom stereocenters. The molecule has 1 amide bonds. The summed E-state index contributed by atoms with van der Waals surface area (Å²) in [5, 5.41) is 0. The van der Waals surface area contributed by atoms with Gasteiger partial charge in [0.1, 0.15) is 12.1 Å². The van der Waals surface area contributed by atoms with E-state index in [-0.39, 0.29) is 19.2 Å². The highest BCUT2D eigenvalue weighted by atomic mass is 16.6. The van der Waals surface area contributed by atoms with Crippen LogP contribution in [0.5, 0.6) is 0 Å². The Morgan fingerprint density at radius 1 is 1.00 bits per heavy atom. The van der Waals surface area contributed by atoms with Crippen LogP contribution in [0.2, 0.25) is 0 Å². The SMILES string of the molecule is CCOC(=O)C1(Cc2ccc(C)cc2)CCCN1C(=O)OCc1ccccc1. The molecule has 2 aromatic rings. The molecule has 5 nitrogen and oxygen atoms in total. The molecule has 3 rings (SSSR count). The van der Waals surface area contributed by atoms with Crippen LogP contribution in [0.15, 0.2) is 54.6 Å². The summed E-state index contributed by atoms with van der Waals surface area (Å²) in [4.78, 5) is 27.4. The molecule has 1 fully saturated rings. The molecule has 0 N–H and O–H groups in total. The number of esters is 1. The number of nitrogens with zero attached hydrogens (tertiary/aromatic N) is 1. The second-order valence-electron chi connectivity index (χ2n) is 7.21. The molecular formula is C23H27NO4. The van der Waals surface area contributed by atoms with Crippen molar-refractivity contribution in [3.63, 3.8) is 0 Å². The molecule has 5 heteroatoms. The number of carbonyl (C=O) groups is 2. The van der Waals surface area contributed by atoms with Crippen LogP contribution in [-0.4, -0.2) is 35.7 Å². The first-order valence-corrected chi connectivity index (χ1v) is 9.76. The fraction of sp³-hybridized carbons (Fsp3) is 0.391. The van der Waals surface area contributed by atoms with Crippen molar-refractivity contribution < 1.29 is 19.1 Å². The monoisotopic (exact) mass is 381 g/mol. The van der Waals surface area contributed by atoms with Gasteiger partial charge in [0.15, 0.2) is 0 Å². The van der Waals surface area contributed by atoms with Crippen molar-refractivity contribution in [1.82, 2.24) is 4.90 Å². The van der Waals surface area contributed by atoms with Crippen molar-refractivity contribution in [2.75, 3.05) is 13.2 Å².